The van der Waals surface area contributed by atoms with Crippen LogP contribution in [0.15, 0.2) is 158 Å². The maximum Gasteiger partial charge on any atom is 0.160 e. The molecule has 3 heterocycles. The van der Waals surface area contributed by atoms with Crippen LogP contribution in [0.4, 0.5) is 0 Å². The fraction of sp³-hybridized carbons (Fsp3) is 0. The first-order valence-electron chi connectivity index (χ1n) is 16.1. The third kappa shape index (κ3) is 4.24. The van der Waals surface area contributed by atoms with Crippen LogP contribution in [0.2, 0.25) is 0 Å². The molecule has 0 unspecified atom stereocenters. The zero-order chi connectivity index (χ0) is 31.6. The zero-order valence-corrected chi connectivity index (χ0v) is 25.8. The van der Waals surface area contributed by atoms with Gasteiger partial charge in [-0.25, -0.2) is 15.0 Å². The molecule has 0 saturated carbocycles. The van der Waals surface area contributed by atoms with Crippen LogP contribution in [0.3, 0.4) is 0 Å². The Bertz CT molecular complexity index is 2810. The lowest BCUT2D eigenvalue weighted by molar-refractivity contribution is 1.18. The molecule has 0 amide bonds. The molecule has 0 bridgehead atoms. The van der Waals surface area contributed by atoms with Crippen LogP contribution < -0.4 is 0 Å². The van der Waals surface area contributed by atoms with E-state index < -0.39 is 0 Å². The van der Waals surface area contributed by atoms with Gasteiger partial charge in [0.25, 0.3) is 0 Å². The van der Waals surface area contributed by atoms with Crippen LogP contribution in [0.5, 0.6) is 0 Å². The summed E-state index contributed by atoms with van der Waals surface area (Å²) in [5, 5.41) is 9.67. The van der Waals surface area contributed by atoms with Gasteiger partial charge < -0.3 is 0 Å². The molecule has 0 aliphatic rings. The van der Waals surface area contributed by atoms with Gasteiger partial charge in [0.1, 0.15) is 0 Å². The highest BCUT2D eigenvalue weighted by Gasteiger charge is 2.16. The maximum atomic E-state index is 5.22. The second-order valence-electron chi connectivity index (χ2n) is 12.3. The molecule has 7 aromatic carbocycles. The molecule has 0 radical (unpaired) electrons. The molecular weight excluding hydrogens is 585 g/mol. The SMILES string of the molecule is c1ccc(-c2cc(-c3ccc4ccc5cccc6ccc3c4c56)nc(-c3ccc(-c4ccc5ccc6cccnc6c5n4)cc3)n2)cc1. The lowest BCUT2D eigenvalue weighted by Gasteiger charge is -2.15. The summed E-state index contributed by atoms with van der Waals surface area (Å²) in [6.07, 6.45) is 1.82. The molecule has 4 heteroatoms. The summed E-state index contributed by atoms with van der Waals surface area (Å²) < 4.78 is 0. The Morgan fingerprint density at radius 2 is 0.979 bits per heavy atom. The summed E-state index contributed by atoms with van der Waals surface area (Å²) >= 11 is 0. The van der Waals surface area contributed by atoms with E-state index in [2.05, 4.69) is 145 Å². The fourth-order valence-electron chi connectivity index (χ4n) is 7.10. The van der Waals surface area contributed by atoms with Crippen molar-refractivity contribution in [1.82, 2.24) is 19.9 Å². The fourth-order valence-corrected chi connectivity index (χ4v) is 7.10. The van der Waals surface area contributed by atoms with Gasteiger partial charge in [-0.1, -0.05) is 133 Å². The summed E-state index contributed by atoms with van der Waals surface area (Å²) in [5.74, 6) is 0.685. The van der Waals surface area contributed by atoms with Gasteiger partial charge in [0, 0.05) is 39.2 Å². The van der Waals surface area contributed by atoms with E-state index in [9.17, 15) is 0 Å². The first-order chi connectivity index (χ1) is 23.8. The van der Waals surface area contributed by atoms with Crippen molar-refractivity contribution < 1.29 is 0 Å². The van der Waals surface area contributed by atoms with Crippen LogP contribution in [0.1, 0.15) is 0 Å². The normalized spacial score (nSPS) is 11.8. The maximum absolute atomic E-state index is 5.22. The highest BCUT2D eigenvalue weighted by Crippen LogP contribution is 2.40. The summed E-state index contributed by atoms with van der Waals surface area (Å²) in [5.41, 5.74) is 8.64. The molecule has 48 heavy (non-hydrogen) atoms. The number of hydrogen-bond donors (Lipinski definition) is 0. The van der Waals surface area contributed by atoms with Gasteiger partial charge in [0.05, 0.1) is 28.1 Å². The molecule has 0 saturated heterocycles. The van der Waals surface area contributed by atoms with E-state index in [1.165, 1.54) is 32.3 Å². The topological polar surface area (TPSA) is 51.6 Å². The van der Waals surface area contributed by atoms with E-state index in [1.54, 1.807) is 0 Å². The number of rotatable bonds is 4. The zero-order valence-electron chi connectivity index (χ0n) is 25.8. The lowest BCUT2D eigenvalue weighted by Crippen LogP contribution is -1.97. The minimum Gasteiger partial charge on any atom is -0.254 e. The van der Waals surface area contributed by atoms with E-state index >= 15 is 0 Å². The monoisotopic (exact) mass is 610 g/mol. The highest BCUT2D eigenvalue weighted by molar-refractivity contribution is 6.25. The Morgan fingerprint density at radius 1 is 0.354 bits per heavy atom. The minimum atomic E-state index is 0.685. The number of hydrogen-bond acceptors (Lipinski definition) is 4. The van der Waals surface area contributed by atoms with Crippen molar-refractivity contribution in [3.05, 3.63) is 158 Å². The quantitative estimate of drug-likeness (QED) is 0.186. The van der Waals surface area contributed by atoms with Crippen molar-refractivity contribution in [2.75, 3.05) is 0 Å². The van der Waals surface area contributed by atoms with Gasteiger partial charge in [-0.3, -0.25) is 4.98 Å². The Labute approximate surface area is 276 Å². The van der Waals surface area contributed by atoms with Gasteiger partial charge in [-0.2, -0.15) is 0 Å². The molecule has 0 fully saturated rings. The second-order valence-corrected chi connectivity index (χ2v) is 12.3. The predicted molar refractivity (Wildman–Crippen MR) is 198 cm³/mol. The lowest BCUT2D eigenvalue weighted by atomic mass is 9.91. The molecule has 0 atom stereocenters. The molecule has 10 rings (SSSR count). The third-order valence-corrected chi connectivity index (χ3v) is 9.47. The standard InChI is InChI=1S/C44H26N4/c1-2-6-27(7-3-1)38-26-39(35-22-19-31-14-13-29-8-4-9-30-20-23-36(35)41(31)40(29)30)48-44(47-38)34-17-11-28(12-18-34)37-24-21-33-16-15-32-10-5-25-45-42(32)43(33)46-37/h1-26H. The number of fused-ring (bicyclic) bond motifs is 3. The Kier molecular flexibility index (Phi) is 5.84. The van der Waals surface area contributed by atoms with E-state index in [0.717, 1.165) is 61.1 Å². The van der Waals surface area contributed by atoms with Crippen LogP contribution in [-0.4, -0.2) is 19.9 Å². The molecular formula is C44H26N4. The number of pyridine rings is 2. The molecule has 3 aromatic heterocycles. The highest BCUT2D eigenvalue weighted by atomic mass is 14.9. The molecule has 0 aliphatic heterocycles. The summed E-state index contributed by atoms with van der Waals surface area (Å²) in [4.78, 5) is 20.0. The predicted octanol–water partition coefficient (Wildman–Crippen LogP) is 11.1. The average Bonchev–Trinajstić information content (AvgIpc) is 3.17. The van der Waals surface area contributed by atoms with Crippen molar-refractivity contribution in [2.45, 2.75) is 0 Å². The molecule has 4 nitrogen and oxygen atoms in total. The van der Waals surface area contributed by atoms with E-state index in [4.69, 9.17) is 15.0 Å². The summed E-state index contributed by atoms with van der Waals surface area (Å²) in [7, 11) is 0. The molecule has 10 aromatic rings. The minimum absolute atomic E-state index is 0.685. The molecule has 222 valence electrons. The Morgan fingerprint density at radius 3 is 1.81 bits per heavy atom. The Hall–Kier alpha value is -6.52. The largest absolute Gasteiger partial charge is 0.254 e. The first-order valence-corrected chi connectivity index (χ1v) is 16.1. The second kappa shape index (κ2) is 10.5. The molecule has 0 spiro atoms. The number of benzene rings is 7. The van der Waals surface area contributed by atoms with E-state index in [1.807, 2.05) is 18.3 Å². The van der Waals surface area contributed by atoms with E-state index in [0.29, 0.717) is 5.82 Å². The van der Waals surface area contributed by atoms with Crippen LogP contribution in [0, 0.1) is 0 Å². The van der Waals surface area contributed by atoms with Gasteiger partial charge in [0.15, 0.2) is 5.82 Å². The van der Waals surface area contributed by atoms with Crippen LogP contribution >= 0.6 is 0 Å². The van der Waals surface area contributed by atoms with Gasteiger partial charge in [-0.05, 0) is 50.5 Å². The summed E-state index contributed by atoms with van der Waals surface area (Å²) in [6.45, 7) is 0. The smallest absolute Gasteiger partial charge is 0.160 e. The van der Waals surface area contributed by atoms with Crippen molar-refractivity contribution in [2.24, 2.45) is 0 Å². The van der Waals surface area contributed by atoms with Gasteiger partial charge in [0.2, 0.25) is 0 Å². The average molecular weight is 611 g/mol. The Balaban J connectivity index is 1.12. The van der Waals surface area contributed by atoms with Crippen molar-refractivity contribution in [3.63, 3.8) is 0 Å². The van der Waals surface area contributed by atoms with Gasteiger partial charge >= 0.3 is 0 Å². The van der Waals surface area contributed by atoms with Gasteiger partial charge in [-0.15, -0.1) is 0 Å². The first kappa shape index (κ1) is 26.7. The van der Waals surface area contributed by atoms with Crippen molar-refractivity contribution in [1.29, 1.82) is 0 Å². The van der Waals surface area contributed by atoms with Crippen molar-refractivity contribution >= 4 is 54.1 Å². The molecule has 0 aliphatic carbocycles. The third-order valence-electron chi connectivity index (χ3n) is 9.47. The number of nitrogens with zero attached hydrogens (tertiary/aromatic N) is 4. The number of aromatic nitrogens is 4. The molecule has 0 N–H and O–H groups in total. The van der Waals surface area contributed by atoms with Crippen LogP contribution in [-0.2, 0) is 0 Å². The van der Waals surface area contributed by atoms with E-state index in [-0.39, 0.29) is 0 Å². The van der Waals surface area contributed by atoms with Crippen LogP contribution in [0.25, 0.3) is 99.3 Å². The summed E-state index contributed by atoms with van der Waals surface area (Å²) in [6, 6.07) is 53.2. The van der Waals surface area contributed by atoms with Crippen molar-refractivity contribution in [3.8, 4) is 45.2 Å².